The standard InChI is InChI=1S/C42H41N3O8S/c1-51-40(49)36(22-27-8-3-2-4-9-27)45-42(50)44-24-32-10-5-6-11-34(32)29-17-19-31(20-18-29)41-52-33(26-54-38-35(39(47)48)12-7-21-43-38)23-37(53-41)30-15-13-28(25-46)14-16-30/h2-21,33,36-37,41,46H,22-26H2,1H3,(H,47,48)(H2,44,45,50)/t33-,36+,37+,41+/m1/s1. The maximum atomic E-state index is 13.0. The molecule has 2 heterocycles. The number of ether oxygens (including phenoxy) is 3. The van der Waals surface area contributed by atoms with Crippen LogP contribution in [0.5, 0.6) is 0 Å². The second kappa shape index (κ2) is 18.5. The summed E-state index contributed by atoms with van der Waals surface area (Å²) < 4.78 is 17.9. The largest absolute Gasteiger partial charge is 0.478 e. The van der Waals surface area contributed by atoms with E-state index in [4.69, 9.17) is 14.2 Å². The van der Waals surface area contributed by atoms with Crippen LogP contribution < -0.4 is 10.6 Å². The number of nitrogens with one attached hydrogen (secondary N) is 2. The molecule has 2 amide bonds. The van der Waals surface area contributed by atoms with Gasteiger partial charge in [-0.2, -0.15) is 0 Å². The Morgan fingerprint density at radius 1 is 0.870 bits per heavy atom. The molecule has 4 N–H and O–H groups in total. The van der Waals surface area contributed by atoms with Crippen LogP contribution in [0.2, 0.25) is 0 Å². The minimum atomic E-state index is -1.04. The smallest absolute Gasteiger partial charge is 0.338 e. The van der Waals surface area contributed by atoms with Gasteiger partial charge in [-0.1, -0.05) is 103 Å². The summed E-state index contributed by atoms with van der Waals surface area (Å²) in [5.41, 5.74) is 6.30. The number of carboxylic acid groups (broad SMARTS) is 1. The highest BCUT2D eigenvalue weighted by atomic mass is 32.2. The minimum Gasteiger partial charge on any atom is -0.478 e. The van der Waals surface area contributed by atoms with Gasteiger partial charge < -0.3 is 35.1 Å². The Labute approximate surface area is 317 Å². The fourth-order valence-electron chi connectivity index (χ4n) is 6.21. The molecule has 0 radical (unpaired) electrons. The van der Waals surface area contributed by atoms with E-state index in [-0.39, 0.29) is 30.9 Å². The van der Waals surface area contributed by atoms with Crippen LogP contribution >= 0.6 is 11.8 Å². The number of carbonyl (C=O) groups is 3. The third-order valence-corrected chi connectivity index (χ3v) is 10.2. The van der Waals surface area contributed by atoms with Gasteiger partial charge in [-0.05, 0) is 45.5 Å². The Balaban J connectivity index is 1.15. The van der Waals surface area contributed by atoms with Gasteiger partial charge in [0.1, 0.15) is 11.1 Å². The number of carboxylic acids is 1. The maximum absolute atomic E-state index is 13.0. The van der Waals surface area contributed by atoms with E-state index in [1.807, 2.05) is 103 Å². The van der Waals surface area contributed by atoms with Gasteiger partial charge in [0.15, 0.2) is 6.29 Å². The summed E-state index contributed by atoms with van der Waals surface area (Å²) in [6.45, 7) is 0.157. The lowest BCUT2D eigenvalue weighted by atomic mass is 9.98. The van der Waals surface area contributed by atoms with E-state index in [1.54, 1.807) is 12.3 Å². The Morgan fingerprint density at radius 3 is 2.31 bits per heavy atom. The number of hydrogen-bond donors (Lipinski definition) is 4. The van der Waals surface area contributed by atoms with Crippen molar-refractivity contribution in [2.75, 3.05) is 12.9 Å². The lowest BCUT2D eigenvalue weighted by molar-refractivity contribution is -0.245. The van der Waals surface area contributed by atoms with Crippen molar-refractivity contribution in [2.24, 2.45) is 0 Å². The van der Waals surface area contributed by atoms with Crippen molar-refractivity contribution in [3.63, 3.8) is 0 Å². The molecule has 54 heavy (non-hydrogen) atoms. The van der Waals surface area contributed by atoms with Crippen molar-refractivity contribution in [3.8, 4) is 11.1 Å². The lowest BCUT2D eigenvalue weighted by Gasteiger charge is -2.36. The summed E-state index contributed by atoms with van der Waals surface area (Å²) >= 11 is 1.33. The van der Waals surface area contributed by atoms with Gasteiger partial charge in [-0.15, -0.1) is 11.8 Å². The van der Waals surface area contributed by atoms with Gasteiger partial charge in [0.05, 0.1) is 31.5 Å². The molecule has 4 atom stereocenters. The molecule has 0 spiro atoms. The first-order valence-corrected chi connectivity index (χ1v) is 18.5. The van der Waals surface area contributed by atoms with E-state index in [1.165, 1.54) is 24.9 Å². The molecule has 0 aliphatic carbocycles. The zero-order valence-electron chi connectivity index (χ0n) is 29.6. The SMILES string of the molecule is COC(=O)[C@H](Cc1ccccc1)NC(=O)NCc1ccccc1-c1ccc([C@H]2O[C@@H](CSc3ncccc3C(=O)O)C[C@@H](c3ccc(CO)cc3)O2)cc1. The van der Waals surface area contributed by atoms with Crippen LogP contribution in [-0.4, -0.2) is 58.2 Å². The van der Waals surface area contributed by atoms with E-state index in [0.29, 0.717) is 23.6 Å². The molecule has 5 aromatic rings. The highest BCUT2D eigenvalue weighted by Gasteiger charge is 2.33. The van der Waals surface area contributed by atoms with Gasteiger partial charge in [0.2, 0.25) is 0 Å². The van der Waals surface area contributed by atoms with E-state index < -0.39 is 30.3 Å². The van der Waals surface area contributed by atoms with Crippen LogP contribution in [0.25, 0.3) is 11.1 Å². The number of benzene rings is 4. The Kier molecular flexibility index (Phi) is 13.1. The number of esters is 1. The molecule has 1 aliphatic heterocycles. The van der Waals surface area contributed by atoms with Crippen LogP contribution in [0, 0.1) is 0 Å². The van der Waals surface area contributed by atoms with E-state index in [9.17, 15) is 24.6 Å². The van der Waals surface area contributed by atoms with Crippen molar-refractivity contribution < 1.29 is 38.8 Å². The first kappa shape index (κ1) is 38.2. The van der Waals surface area contributed by atoms with Crippen molar-refractivity contribution in [2.45, 2.75) is 55.6 Å². The number of methoxy groups -OCH3 is 1. The number of rotatable bonds is 14. The minimum absolute atomic E-state index is 0.0594. The van der Waals surface area contributed by atoms with Crippen LogP contribution in [0.4, 0.5) is 4.79 Å². The lowest BCUT2D eigenvalue weighted by Crippen LogP contribution is -2.47. The van der Waals surface area contributed by atoms with Gasteiger partial charge in [0, 0.05) is 36.9 Å². The molecule has 1 aliphatic rings. The number of amides is 2. The first-order chi connectivity index (χ1) is 26.3. The highest BCUT2D eigenvalue weighted by Crippen LogP contribution is 2.40. The molecule has 0 saturated carbocycles. The van der Waals surface area contributed by atoms with E-state index in [2.05, 4.69) is 15.6 Å². The van der Waals surface area contributed by atoms with Crippen LogP contribution in [-0.2, 0) is 38.6 Å². The predicted octanol–water partition coefficient (Wildman–Crippen LogP) is 6.86. The molecule has 1 saturated heterocycles. The molecule has 12 heteroatoms. The summed E-state index contributed by atoms with van der Waals surface area (Å²) in [6.07, 6.45) is 1.10. The maximum Gasteiger partial charge on any atom is 0.338 e. The molecule has 0 unspecified atom stereocenters. The zero-order valence-corrected chi connectivity index (χ0v) is 30.4. The molecule has 278 valence electrons. The number of aromatic nitrogens is 1. The van der Waals surface area contributed by atoms with Gasteiger partial charge >= 0.3 is 18.0 Å². The first-order valence-electron chi connectivity index (χ1n) is 17.5. The highest BCUT2D eigenvalue weighted by molar-refractivity contribution is 7.99. The van der Waals surface area contributed by atoms with Crippen molar-refractivity contribution in [1.29, 1.82) is 0 Å². The van der Waals surface area contributed by atoms with Crippen molar-refractivity contribution in [1.82, 2.24) is 15.6 Å². The summed E-state index contributed by atoms with van der Waals surface area (Å²) in [7, 11) is 1.29. The average Bonchev–Trinajstić information content (AvgIpc) is 3.22. The topological polar surface area (TPSA) is 156 Å². The molecule has 0 bridgehead atoms. The summed E-state index contributed by atoms with van der Waals surface area (Å²) in [5, 5.41) is 25.2. The van der Waals surface area contributed by atoms with Crippen molar-refractivity contribution >= 4 is 29.7 Å². The number of hydrogen-bond acceptors (Lipinski definition) is 9. The molecule has 4 aromatic carbocycles. The number of aliphatic hydroxyl groups is 1. The Morgan fingerprint density at radius 2 is 1.59 bits per heavy atom. The molecule has 1 fully saturated rings. The summed E-state index contributed by atoms with van der Waals surface area (Å²) in [5.74, 6) is -1.11. The van der Waals surface area contributed by atoms with E-state index in [0.717, 1.165) is 38.9 Å². The number of pyridine rings is 1. The average molecular weight is 748 g/mol. The Hall–Kier alpha value is -5.53. The molecule has 6 rings (SSSR count). The number of aromatic carboxylic acids is 1. The second-order valence-corrected chi connectivity index (χ2v) is 13.7. The third kappa shape index (κ3) is 9.91. The fraction of sp³-hybridized carbons (Fsp3) is 0.238. The van der Waals surface area contributed by atoms with Crippen molar-refractivity contribution in [3.05, 3.63) is 155 Å². The number of nitrogens with zero attached hydrogens (tertiary/aromatic N) is 1. The van der Waals surface area contributed by atoms with Crippen LogP contribution in [0.3, 0.4) is 0 Å². The summed E-state index contributed by atoms with van der Waals surface area (Å²) in [4.78, 5) is 41.5. The molecule has 11 nitrogen and oxygen atoms in total. The zero-order chi connectivity index (χ0) is 37.9. The van der Waals surface area contributed by atoms with Crippen LogP contribution in [0.15, 0.2) is 126 Å². The van der Waals surface area contributed by atoms with E-state index >= 15 is 0 Å². The predicted molar refractivity (Wildman–Crippen MR) is 204 cm³/mol. The number of urea groups is 1. The van der Waals surface area contributed by atoms with Gasteiger partial charge in [-0.3, -0.25) is 0 Å². The van der Waals surface area contributed by atoms with Gasteiger partial charge in [0.25, 0.3) is 0 Å². The monoisotopic (exact) mass is 747 g/mol. The second-order valence-electron chi connectivity index (χ2n) is 12.7. The Bertz CT molecular complexity index is 2030. The quantitative estimate of drug-likeness (QED) is 0.0699. The number of aliphatic hydroxyl groups excluding tert-OH is 1. The fourth-order valence-corrected chi connectivity index (χ4v) is 7.21. The third-order valence-electron chi connectivity index (χ3n) is 9.05. The van der Waals surface area contributed by atoms with Gasteiger partial charge in [-0.25, -0.2) is 19.4 Å². The molecular weight excluding hydrogens is 707 g/mol. The summed E-state index contributed by atoms with van der Waals surface area (Å²) in [6, 6.07) is 34.4. The normalized spacial score (nSPS) is 17.3. The molecule has 1 aromatic heterocycles. The van der Waals surface area contributed by atoms with Crippen LogP contribution in [0.1, 0.15) is 57.0 Å². The number of carbonyl (C=O) groups excluding carboxylic acids is 2. The molecular formula is C42H41N3O8S. The number of thioether (sulfide) groups is 1.